The summed E-state index contributed by atoms with van der Waals surface area (Å²) in [6.45, 7) is 2.54. The second kappa shape index (κ2) is 5.76. The Morgan fingerprint density at radius 3 is 2.71 bits per heavy atom. The lowest BCUT2D eigenvalue weighted by atomic mass is 10.1. The molecule has 0 bridgehead atoms. The summed E-state index contributed by atoms with van der Waals surface area (Å²) in [5.74, 6) is 1.79. The molecule has 2 aliphatic rings. The molecule has 5 heteroatoms. The summed E-state index contributed by atoms with van der Waals surface area (Å²) in [6.07, 6.45) is 4.32. The SMILES string of the molecule is CCNC(=O)[C@H]1CSCN1C(=O)C1CCCC1. The Morgan fingerprint density at radius 2 is 2.06 bits per heavy atom. The summed E-state index contributed by atoms with van der Waals surface area (Å²) in [6, 6.07) is -0.243. The molecule has 96 valence electrons. The summed E-state index contributed by atoms with van der Waals surface area (Å²) in [4.78, 5) is 25.9. The van der Waals surface area contributed by atoms with E-state index in [2.05, 4.69) is 5.32 Å². The molecule has 1 saturated heterocycles. The summed E-state index contributed by atoms with van der Waals surface area (Å²) in [5, 5.41) is 2.82. The molecule has 2 rings (SSSR count). The molecule has 1 aliphatic heterocycles. The van der Waals surface area contributed by atoms with Crippen LogP contribution < -0.4 is 5.32 Å². The van der Waals surface area contributed by atoms with Crippen LogP contribution in [-0.2, 0) is 9.59 Å². The van der Waals surface area contributed by atoms with Crippen molar-refractivity contribution in [2.45, 2.75) is 38.6 Å². The Bertz CT molecular complexity index is 303. The molecule has 1 aliphatic carbocycles. The number of amides is 2. The normalized spacial score (nSPS) is 25.2. The van der Waals surface area contributed by atoms with E-state index in [-0.39, 0.29) is 23.8 Å². The van der Waals surface area contributed by atoms with Gasteiger partial charge in [0.15, 0.2) is 0 Å². The van der Waals surface area contributed by atoms with E-state index in [4.69, 9.17) is 0 Å². The van der Waals surface area contributed by atoms with Crippen molar-refractivity contribution in [2.75, 3.05) is 18.2 Å². The maximum absolute atomic E-state index is 12.3. The molecule has 0 aromatic rings. The van der Waals surface area contributed by atoms with Crippen LogP contribution in [0.15, 0.2) is 0 Å². The molecule has 1 atom stereocenters. The van der Waals surface area contributed by atoms with Crippen LogP contribution in [0.4, 0.5) is 0 Å². The number of hydrogen-bond donors (Lipinski definition) is 1. The standard InChI is InChI=1S/C12H20N2O2S/c1-2-13-11(15)10-7-17-8-14(10)12(16)9-5-3-4-6-9/h9-10H,2-8H2,1H3,(H,13,15)/t10-/m1/s1. The van der Waals surface area contributed by atoms with Crippen LogP contribution in [0.2, 0.25) is 0 Å². The van der Waals surface area contributed by atoms with E-state index in [0.29, 0.717) is 12.4 Å². The van der Waals surface area contributed by atoms with Crippen LogP contribution in [0, 0.1) is 5.92 Å². The number of nitrogens with one attached hydrogen (secondary N) is 1. The van der Waals surface area contributed by atoms with Gasteiger partial charge in [-0.2, -0.15) is 0 Å². The zero-order valence-corrected chi connectivity index (χ0v) is 11.1. The van der Waals surface area contributed by atoms with Crippen molar-refractivity contribution in [1.82, 2.24) is 10.2 Å². The van der Waals surface area contributed by atoms with Gasteiger partial charge in [-0.15, -0.1) is 11.8 Å². The molecule has 1 saturated carbocycles. The molecule has 17 heavy (non-hydrogen) atoms. The van der Waals surface area contributed by atoms with E-state index in [1.54, 1.807) is 16.7 Å². The molecular formula is C12H20N2O2S. The maximum Gasteiger partial charge on any atom is 0.243 e. The summed E-state index contributed by atoms with van der Waals surface area (Å²) < 4.78 is 0. The zero-order valence-electron chi connectivity index (χ0n) is 10.3. The smallest absolute Gasteiger partial charge is 0.243 e. The third kappa shape index (κ3) is 2.76. The first-order valence-electron chi connectivity index (χ1n) is 6.40. The molecule has 4 nitrogen and oxygen atoms in total. The van der Waals surface area contributed by atoms with Crippen molar-refractivity contribution in [3.63, 3.8) is 0 Å². The largest absolute Gasteiger partial charge is 0.355 e. The monoisotopic (exact) mass is 256 g/mol. The van der Waals surface area contributed by atoms with Crippen molar-refractivity contribution < 1.29 is 9.59 Å². The highest BCUT2D eigenvalue weighted by Gasteiger charge is 2.37. The second-order valence-electron chi connectivity index (χ2n) is 4.70. The molecule has 0 radical (unpaired) electrons. The van der Waals surface area contributed by atoms with Crippen molar-refractivity contribution in [2.24, 2.45) is 5.92 Å². The Balaban J connectivity index is 1.98. The van der Waals surface area contributed by atoms with Crippen LogP contribution in [0.3, 0.4) is 0 Å². The lowest BCUT2D eigenvalue weighted by Gasteiger charge is -2.25. The van der Waals surface area contributed by atoms with Crippen molar-refractivity contribution in [3.05, 3.63) is 0 Å². The van der Waals surface area contributed by atoms with E-state index < -0.39 is 0 Å². The molecular weight excluding hydrogens is 236 g/mol. The topological polar surface area (TPSA) is 49.4 Å². The van der Waals surface area contributed by atoms with Gasteiger partial charge < -0.3 is 10.2 Å². The average molecular weight is 256 g/mol. The predicted molar refractivity (Wildman–Crippen MR) is 68.6 cm³/mol. The fourth-order valence-corrected chi connectivity index (χ4v) is 3.74. The first kappa shape index (κ1) is 12.7. The van der Waals surface area contributed by atoms with Gasteiger partial charge >= 0.3 is 0 Å². The van der Waals surface area contributed by atoms with E-state index in [0.717, 1.165) is 31.4 Å². The quantitative estimate of drug-likeness (QED) is 0.826. The molecule has 2 fully saturated rings. The minimum absolute atomic E-state index is 0.00356. The Hall–Kier alpha value is -0.710. The number of nitrogens with zero attached hydrogens (tertiary/aromatic N) is 1. The molecule has 0 spiro atoms. The predicted octanol–water partition coefficient (Wildman–Crippen LogP) is 1.21. The number of rotatable bonds is 3. The van der Waals surface area contributed by atoms with Gasteiger partial charge in [-0.05, 0) is 19.8 Å². The third-order valence-corrected chi connectivity index (χ3v) is 4.54. The van der Waals surface area contributed by atoms with Gasteiger partial charge in [0.25, 0.3) is 0 Å². The van der Waals surface area contributed by atoms with Gasteiger partial charge in [-0.1, -0.05) is 12.8 Å². The first-order chi connectivity index (χ1) is 8.24. The summed E-state index contributed by atoms with van der Waals surface area (Å²) in [5.41, 5.74) is 0. The number of carbonyl (C=O) groups excluding carboxylic acids is 2. The highest BCUT2D eigenvalue weighted by atomic mass is 32.2. The van der Waals surface area contributed by atoms with E-state index in [9.17, 15) is 9.59 Å². The number of likely N-dealkylation sites (N-methyl/N-ethyl adjacent to an activating group) is 1. The minimum atomic E-state index is -0.243. The van der Waals surface area contributed by atoms with Crippen molar-refractivity contribution in [1.29, 1.82) is 0 Å². The average Bonchev–Trinajstić information content (AvgIpc) is 3.00. The Labute approximate surface area is 106 Å². The Morgan fingerprint density at radius 1 is 1.35 bits per heavy atom. The van der Waals surface area contributed by atoms with Gasteiger partial charge in [0.05, 0.1) is 5.88 Å². The highest BCUT2D eigenvalue weighted by Crippen LogP contribution is 2.30. The van der Waals surface area contributed by atoms with Crippen molar-refractivity contribution >= 4 is 23.6 Å². The Kier molecular flexibility index (Phi) is 4.31. The maximum atomic E-state index is 12.3. The van der Waals surface area contributed by atoms with Gasteiger partial charge in [0.2, 0.25) is 11.8 Å². The van der Waals surface area contributed by atoms with Gasteiger partial charge in [0, 0.05) is 18.2 Å². The fraction of sp³-hybridized carbons (Fsp3) is 0.833. The van der Waals surface area contributed by atoms with Crippen LogP contribution >= 0.6 is 11.8 Å². The zero-order chi connectivity index (χ0) is 12.3. The third-order valence-electron chi connectivity index (χ3n) is 3.52. The molecule has 1 N–H and O–H groups in total. The first-order valence-corrected chi connectivity index (χ1v) is 7.55. The van der Waals surface area contributed by atoms with E-state index >= 15 is 0 Å². The lowest BCUT2D eigenvalue weighted by molar-refractivity contribution is -0.141. The van der Waals surface area contributed by atoms with Crippen LogP contribution in [0.5, 0.6) is 0 Å². The fourth-order valence-electron chi connectivity index (χ4n) is 2.58. The molecule has 0 aromatic heterocycles. The van der Waals surface area contributed by atoms with Crippen LogP contribution in [0.1, 0.15) is 32.6 Å². The molecule has 2 amide bonds. The van der Waals surface area contributed by atoms with Crippen LogP contribution in [-0.4, -0.2) is 40.9 Å². The molecule has 0 aromatic carbocycles. The van der Waals surface area contributed by atoms with Crippen molar-refractivity contribution in [3.8, 4) is 0 Å². The van der Waals surface area contributed by atoms with E-state index in [1.807, 2.05) is 6.92 Å². The van der Waals surface area contributed by atoms with Gasteiger partial charge in [-0.3, -0.25) is 9.59 Å². The summed E-state index contributed by atoms with van der Waals surface area (Å²) >= 11 is 1.68. The minimum Gasteiger partial charge on any atom is -0.355 e. The van der Waals surface area contributed by atoms with Gasteiger partial charge in [0.1, 0.15) is 6.04 Å². The lowest BCUT2D eigenvalue weighted by Crippen LogP contribution is -2.48. The highest BCUT2D eigenvalue weighted by molar-refractivity contribution is 7.99. The van der Waals surface area contributed by atoms with Gasteiger partial charge in [-0.25, -0.2) is 0 Å². The van der Waals surface area contributed by atoms with Crippen LogP contribution in [0.25, 0.3) is 0 Å². The number of thioether (sulfide) groups is 1. The number of carbonyl (C=O) groups is 2. The molecule has 1 heterocycles. The molecule has 0 unspecified atom stereocenters. The summed E-state index contributed by atoms with van der Waals surface area (Å²) in [7, 11) is 0. The van der Waals surface area contributed by atoms with E-state index in [1.165, 1.54) is 0 Å². The number of hydrogen-bond acceptors (Lipinski definition) is 3. The second-order valence-corrected chi connectivity index (χ2v) is 5.70.